The van der Waals surface area contributed by atoms with Gasteiger partial charge in [-0.2, -0.15) is 0 Å². The lowest BCUT2D eigenvalue weighted by Gasteiger charge is -2.06. The predicted octanol–water partition coefficient (Wildman–Crippen LogP) is 3.23. The molecular weight excluding hydrogens is 287 g/mol. The Kier molecular flexibility index (Phi) is 3.71. The molecule has 0 saturated carbocycles. The minimum absolute atomic E-state index is 0.332. The van der Waals surface area contributed by atoms with E-state index in [9.17, 15) is 4.39 Å². The number of aromatic nitrogens is 1. The molecule has 1 heterocycles. The molecule has 0 amide bonds. The van der Waals surface area contributed by atoms with E-state index in [0.717, 1.165) is 5.56 Å². The van der Waals surface area contributed by atoms with Crippen LogP contribution in [0.3, 0.4) is 0 Å². The first-order chi connectivity index (χ1) is 8.19. The highest BCUT2D eigenvalue weighted by Gasteiger charge is 2.03. The lowest BCUT2D eigenvalue weighted by molar-refractivity contribution is 0.460. The Morgan fingerprint density at radius 1 is 1.29 bits per heavy atom. The van der Waals surface area contributed by atoms with E-state index in [-0.39, 0.29) is 5.82 Å². The average molecular weight is 297 g/mol. The molecule has 2 N–H and O–H groups in total. The maximum absolute atomic E-state index is 13.0. The molecule has 1 aromatic carbocycles. The molecule has 1 aromatic heterocycles. The summed E-state index contributed by atoms with van der Waals surface area (Å²) in [5.74, 6) is 0.618. The van der Waals surface area contributed by atoms with Gasteiger partial charge in [0.1, 0.15) is 11.6 Å². The number of pyridine rings is 1. The van der Waals surface area contributed by atoms with Crippen molar-refractivity contribution in [2.24, 2.45) is 5.73 Å². The number of halogens is 2. The van der Waals surface area contributed by atoms with Crippen LogP contribution in [0.4, 0.5) is 4.39 Å². The summed E-state index contributed by atoms with van der Waals surface area (Å²) in [4.78, 5) is 4.05. The highest BCUT2D eigenvalue weighted by Crippen LogP contribution is 2.25. The molecule has 0 aliphatic rings. The van der Waals surface area contributed by atoms with Crippen molar-refractivity contribution in [3.63, 3.8) is 0 Å². The monoisotopic (exact) mass is 296 g/mol. The van der Waals surface area contributed by atoms with Crippen molar-refractivity contribution >= 4 is 15.9 Å². The molecule has 0 radical (unpaired) electrons. The van der Waals surface area contributed by atoms with Crippen LogP contribution in [0.15, 0.2) is 41.0 Å². The van der Waals surface area contributed by atoms with Crippen LogP contribution in [-0.4, -0.2) is 4.98 Å². The first-order valence-electron chi connectivity index (χ1n) is 4.97. The molecule has 5 heteroatoms. The van der Waals surface area contributed by atoms with Crippen molar-refractivity contribution in [3.8, 4) is 11.6 Å². The summed E-state index contributed by atoms with van der Waals surface area (Å²) in [5.41, 5.74) is 6.44. The van der Waals surface area contributed by atoms with Crippen LogP contribution in [0, 0.1) is 5.82 Å². The predicted molar refractivity (Wildman–Crippen MR) is 66.3 cm³/mol. The zero-order valence-corrected chi connectivity index (χ0v) is 10.4. The third kappa shape index (κ3) is 3.01. The third-order valence-electron chi connectivity index (χ3n) is 2.15. The highest BCUT2D eigenvalue weighted by atomic mass is 79.9. The summed E-state index contributed by atoms with van der Waals surface area (Å²) in [6, 6.07) is 7.97. The quantitative estimate of drug-likeness (QED) is 0.946. The summed E-state index contributed by atoms with van der Waals surface area (Å²) in [6.07, 6.45) is 1.62. The summed E-state index contributed by atoms with van der Waals surface area (Å²) in [6.45, 7) is 0.423. The van der Waals surface area contributed by atoms with Crippen molar-refractivity contribution in [1.82, 2.24) is 4.98 Å². The van der Waals surface area contributed by atoms with Crippen LogP contribution in [0.5, 0.6) is 11.6 Å². The molecule has 0 fully saturated rings. The molecule has 0 atom stereocenters. The Morgan fingerprint density at radius 2 is 2.12 bits per heavy atom. The molecule has 0 spiro atoms. The summed E-state index contributed by atoms with van der Waals surface area (Å²) < 4.78 is 18.9. The van der Waals surface area contributed by atoms with E-state index in [0.29, 0.717) is 22.6 Å². The van der Waals surface area contributed by atoms with Crippen LogP contribution < -0.4 is 10.5 Å². The Balaban J connectivity index is 2.22. The molecule has 0 bridgehead atoms. The smallest absolute Gasteiger partial charge is 0.219 e. The fraction of sp³-hybridized carbons (Fsp3) is 0.0833. The van der Waals surface area contributed by atoms with Gasteiger partial charge in [-0.3, -0.25) is 0 Å². The number of hydrogen-bond donors (Lipinski definition) is 1. The molecule has 0 aliphatic heterocycles. The van der Waals surface area contributed by atoms with Gasteiger partial charge in [-0.15, -0.1) is 0 Å². The van der Waals surface area contributed by atoms with Gasteiger partial charge in [0.15, 0.2) is 0 Å². The standard InChI is InChI=1S/C12H10BrFN2O/c13-10-6-9(1-2-11(10)14)17-12-5-8(7-15)3-4-16-12/h1-6H,7,15H2. The van der Waals surface area contributed by atoms with Gasteiger partial charge in [-0.1, -0.05) is 0 Å². The number of rotatable bonds is 3. The second kappa shape index (κ2) is 5.25. The molecular formula is C12H10BrFN2O. The number of benzene rings is 1. The van der Waals surface area contributed by atoms with E-state index in [1.54, 1.807) is 18.3 Å². The zero-order chi connectivity index (χ0) is 12.3. The molecule has 2 rings (SSSR count). The lowest BCUT2D eigenvalue weighted by atomic mass is 10.3. The topological polar surface area (TPSA) is 48.1 Å². The van der Waals surface area contributed by atoms with E-state index in [1.165, 1.54) is 12.1 Å². The van der Waals surface area contributed by atoms with Gasteiger partial charge in [0, 0.05) is 18.8 Å². The van der Waals surface area contributed by atoms with Crippen LogP contribution in [-0.2, 0) is 6.54 Å². The van der Waals surface area contributed by atoms with Gasteiger partial charge in [0.05, 0.1) is 4.47 Å². The van der Waals surface area contributed by atoms with Crippen molar-refractivity contribution < 1.29 is 9.13 Å². The van der Waals surface area contributed by atoms with Crippen molar-refractivity contribution in [1.29, 1.82) is 0 Å². The number of hydrogen-bond acceptors (Lipinski definition) is 3. The largest absolute Gasteiger partial charge is 0.439 e. The third-order valence-corrected chi connectivity index (χ3v) is 2.76. The second-order valence-electron chi connectivity index (χ2n) is 3.38. The van der Waals surface area contributed by atoms with Crippen molar-refractivity contribution in [3.05, 3.63) is 52.4 Å². The van der Waals surface area contributed by atoms with Gasteiger partial charge >= 0.3 is 0 Å². The van der Waals surface area contributed by atoms with Gasteiger partial charge in [-0.05, 0) is 45.8 Å². The van der Waals surface area contributed by atoms with E-state index in [2.05, 4.69) is 20.9 Å². The highest BCUT2D eigenvalue weighted by molar-refractivity contribution is 9.10. The fourth-order valence-corrected chi connectivity index (χ4v) is 1.65. The van der Waals surface area contributed by atoms with Gasteiger partial charge in [0.25, 0.3) is 0 Å². The Hall–Kier alpha value is -1.46. The second-order valence-corrected chi connectivity index (χ2v) is 4.24. The van der Waals surface area contributed by atoms with Gasteiger partial charge in [0.2, 0.25) is 5.88 Å². The van der Waals surface area contributed by atoms with E-state index < -0.39 is 0 Å². The molecule has 0 saturated heterocycles. The fourth-order valence-electron chi connectivity index (χ4n) is 1.29. The van der Waals surface area contributed by atoms with Gasteiger partial charge < -0.3 is 10.5 Å². The Morgan fingerprint density at radius 3 is 2.82 bits per heavy atom. The van der Waals surface area contributed by atoms with Crippen LogP contribution in [0.1, 0.15) is 5.56 Å². The maximum Gasteiger partial charge on any atom is 0.219 e. The number of ether oxygens (including phenoxy) is 1. The first-order valence-corrected chi connectivity index (χ1v) is 5.76. The van der Waals surface area contributed by atoms with E-state index in [1.807, 2.05) is 6.07 Å². The van der Waals surface area contributed by atoms with Crippen LogP contribution >= 0.6 is 15.9 Å². The Bertz CT molecular complexity index is 534. The van der Waals surface area contributed by atoms with Crippen LogP contribution in [0.25, 0.3) is 0 Å². The normalized spacial score (nSPS) is 10.3. The molecule has 0 aliphatic carbocycles. The molecule has 3 nitrogen and oxygen atoms in total. The van der Waals surface area contributed by atoms with Crippen molar-refractivity contribution in [2.75, 3.05) is 0 Å². The minimum atomic E-state index is -0.332. The number of nitrogens with two attached hydrogens (primary N) is 1. The minimum Gasteiger partial charge on any atom is -0.439 e. The van der Waals surface area contributed by atoms with E-state index in [4.69, 9.17) is 10.5 Å². The summed E-state index contributed by atoms with van der Waals surface area (Å²) in [7, 11) is 0. The molecule has 17 heavy (non-hydrogen) atoms. The van der Waals surface area contributed by atoms with Gasteiger partial charge in [-0.25, -0.2) is 9.37 Å². The van der Waals surface area contributed by atoms with Crippen molar-refractivity contribution in [2.45, 2.75) is 6.54 Å². The molecule has 2 aromatic rings. The average Bonchev–Trinajstić information content (AvgIpc) is 2.34. The zero-order valence-electron chi connectivity index (χ0n) is 8.86. The summed E-state index contributed by atoms with van der Waals surface area (Å²) in [5, 5.41) is 0. The summed E-state index contributed by atoms with van der Waals surface area (Å²) >= 11 is 3.09. The van der Waals surface area contributed by atoms with Crippen LogP contribution in [0.2, 0.25) is 0 Å². The molecule has 88 valence electrons. The maximum atomic E-state index is 13.0. The van der Waals surface area contributed by atoms with E-state index >= 15 is 0 Å². The number of nitrogens with zero attached hydrogens (tertiary/aromatic N) is 1. The Labute approximate surface area is 107 Å². The molecule has 0 unspecified atom stereocenters. The SMILES string of the molecule is NCc1ccnc(Oc2ccc(F)c(Br)c2)c1. The lowest BCUT2D eigenvalue weighted by Crippen LogP contribution is -1.97. The first kappa shape index (κ1) is 12.0.